The van der Waals surface area contributed by atoms with Gasteiger partial charge in [0, 0.05) is 17.8 Å². The van der Waals surface area contributed by atoms with Gasteiger partial charge in [0.05, 0.1) is 6.61 Å². The molecule has 108 valence electrons. The molecule has 0 saturated carbocycles. The third-order valence-electron chi connectivity index (χ3n) is 2.70. The Hall–Kier alpha value is -2.10. The van der Waals surface area contributed by atoms with Gasteiger partial charge in [0.2, 0.25) is 5.91 Å². The Morgan fingerprint density at radius 3 is 2.50 bits per heavy atom. The zero-order chi connectivity index (χ0) is 15.1. The van der Waals surface area contributed by atoms with Gasteiger partial charge in [0.1, 0.15) is 0 Å². The molecule has 1 aromatic carbocycles. The Morgan fingerprint density at radius 2 is 1.90 bits per heavy atom. The van der Waals surface area contributed by atoms with Crippen LogP contribution in [0.3, 0.4) is 0 Å². The molecule has 1 aromatic rings. The van der Waals surface area contributed by atoms with Gasteiger partial charge in [-0.25, -0.2) is 4.79 Å². The van der Waals surface area contributed by atoms with Gasteiger partial charge in [-0.15, -0.1) is 0 Å². The van der Waals surface area contributed by atoms with Crippen molar-refractivity contribution in [3.8, 4) is 0 Å². The summed E-state index contributed by atoms with van der Waals surface area (Å²) in [5.74, 6) is -0.583. The highest BCUT2D eigenvalue weighted by Crippen LogP contribution is 2.13. The maximum absolute atomic E-state index is 11.6. The van der Waals surface area contributed by atoms with E-state index >= 15 is 0 Å². The first-order chi connectivity index (χ1) is 9.38. The maximum Gasteiger partial charge on any atom is 0.330 e. The van der Waals surface area contributed by atoms with E-state index < -0.39 is 5.97 Å². The SMILES string of the molecule is Cc1ccc(NC(=O)/C=C/C(=O)OCC(C)C)cc1C. The number of benzene rings is 1. The highest BCUT2D eigenvalue weighted by atomic mass is 16.5. The number of carbonyl (C=O) groups excluding carboxylic acids is 2. The van der Waals surface area contributed by atoms with Crippen LogP contribution in [0, 0.1) is 19.8 Å². The average molecular weight is 275 g/mol. The molecule has 4 heteroatoms. The lowest BCUT2D eigenvalue weighted by Crippen LogP contribution is -2.11. The van der Waals surface area contributed by atoms with Crippen LogP contribution in [0.25, 0.3) is 0 Å². The molecule has 0 saturated heterocycles. The van der Waals surface area contributed by atoms with E-state index in [1.165, 1.54) is 6.08 Å². The lowest BCUT2D eigenvalue weighted by Gasteiger charge is -2.06. The Kier molecular flexibility index (Phi) is 5.97. The molecule has 1 rings (SSSR count). The Balaban J connectivity index is 2.50. The number of hydrogen-bond donors (Lipinski definition) is 1. The predicted octanol–water partition coefficient (Wildman–Crippen LogP) is 3.00. The van der Waals surface area contributed by atoms with Crippen molar-refractivity contribution < 1.29 is 14.3 Å². The van der Waals surface area contributed by atoms with Crippen molar-refractivity contribution in [2.45, 2.75) is 27.7 Å². The van der Waals surface area contributed by atoms with Gasteiger partial charge >= 0.3 is 5.97 Å². The van der Waals surface area contributed by atoms with E-state index in [1.807, 2.05) is 45.9 Å². The number of amides is 1. The molecule has 0 spiro atoms. The van der Waals surface area contributed by atoms with Crippen LogP contribution < -0.4 is 5.32 Å². The molecule has 0 atom stereocenters. The summed E-state index contributed by atoms with van der Waals surface area (Å²) in [6.45, 7) is 8.23. The van der Waals surface area contributed by atoms with Gasteiger partial charge in [-0.05, 0) is 43.0 Å². The van der Waals surface area contributed by atoms with Crippen molar-refractivity contribution in [2.75, 3.05) is 11.9 Å². The molecule has 0 unspecified atom stereocenters. The van der Waals surface area contributed by atoms with Crippen LogP contribution in [0.4, 0.5) is 5.69 Å². The van der Waals surface area contributed by atoms with Crippen LogP contribution in [0.2, 0.25) is 0 Å². The van der Waals surface area contributed by atoms with Crippen molar-refractivity contribution in [1.29, 1.82) is 0 Å². The summed E-state index contributed by atoms with van der Waals surface area (Å²) < 4.78 is 4.93. The molecule has 0 fully saturated rings. The lowest BCUT2D eigenvalue weighted by atomic mass is 10.1. The molecule has 20 heavy (non-hydrogen) atoms. The van der Waals surface area contributed by atoms with E-state index in [0.717, 1.165) is 17.2 Å². The number of nitrogens with one attached hydrogen (secondary N) is 1. The van der Waals surface area contributed by atoms with E-state index in [0.29, 0.717) is 12.3 Å². The molecule has 0 radical (unpaired) electrons. The first kappa shape index (κ1) is 16.0. The summed E-state index contributed by atoms with van der Waals surface area (Å²) in [6, 6.07) is 5.65. The summed E-state index contributed by atoms with van der Waals surface area (Å²) >= 11 is 0. The Bertz CT molecular complexity index is 518. The van der Waals surface area contributed by atoms with Gasteiger partial charge in [-0.1, -0.05) is 19.9 Å². The van der Waals surface area contributed by atoms with E-state index in [-0.39, 0.29) is 11.8 Å². The molecule has 1 N–H and O–H groups in total. The number of hydrogen-bond acceptors (Lipinski definition) is 3. The molecule has 0 aliphatic rings. The van der Waals surface area contributed by atoms with E-state index in [2.05, 4.69) is 5.32 Å². The second-order valence-corrected chi connectivity index (χ2v) is 5.15. The van der Waals surface area contributed by atoms with Crippen LogP contribution in [0.15, 0.2) is 30.4 Å². The summed E-state index contributed by atoms with van der Waals surface area (Å²) in [4.78, 5) is 23.0. The fourth-order valence-electron chi connectivity index (χ4n) is 1.44. The summed E-state index contributed by atoms with van der Waals surface area (Å²) in [7, 11) is 0. The molecule has 0 aliphatic heterocycles. The second kappa shape index (κ2) is 7.48. The third kappa shape index (κ3) is 5.69. The molecular weight excluding hydrogens is 254 g/mol. The van der Waals surface area contributed by atoms with E-state index in [1.54, 1.807) is 0 Å². The van der Waals surface area contributed by atoms with E-state index in [4.69, 9.17) is 4.74 Å². The van der Waals surface area contributed by atoms with Gasteiger partial charge < -0.3 is 10.1 Å². The standard InChI is InChI=1S/C16H21NO3/c1-11(2)10-20-16(19)8-7-15(18)17-14-6-5-12(3)13(4)9-14/h5-9,11H,10H2,1-4H3,(H,17,18)/b8-7+. The van der Waals surface area contributed by atoms with Gasteiger partial charge in [-0.3, -0.25) is 4.79 Å². The molecule has 0 bridgehead atoms. The Labute approximate surface area is 119 Å². The maximum atomic E-state index is 11.6. The minimum Gasteiger partial charge on any atom is -0.462 e. The first-order valence-electron chi connectivity index (χ1n) is 6.61. The number of rotatable bonds is 5. The third-order valence-corrected chi connectivity index (χ3v) is 2.70. The van der Waals surface area contributed by atoms with Crippen LogP contribution >= 0.6 is 0 Å². The Morgan fingerprint density at radius 1 is 1.20 bits per heavy atom. The molecule has 0 aromatic heterocycles. The zero-order valence-electron chi connectivity index (χ0n) is 12.4. The molecule has 4 nitrogen and oxygen atoms in total. The van der Waals surface area contributed by atoms with Gasteiger partial charge in [-0.2, -0.15) is 0 Å². The quantitative estimate of drug-likeness (QED) is 0.664. The number of carbonyl (C=O) groups is 2. The predicted molar refractivity (Wildman–Crippen MR) is 79.5 cm³/mol. The topological polar surface area (TPSA) is 55.4 Å². The van der Waals surface area contributed by atoms with Gasteiger partial charge in [0.25, 0.3) is 0 Å². The highest BCUT2D eigenvalue weighted by molar-refractivity contribution is 6.02. The molecule has 0 heterocycles. The fraction of sp³-hybridized carbons (Fsp3) is 0.375. The number of esters is 1. The number of ether oxygens (including phenoxy) is 1. The number of anilines is 1. The lowest BCUT2D eigenvalue weighted by molar-refractivity contribution is -0.138. The largest absolute Gasteiger partial charge is 0.462 e. The molecule has 1 amide bonds. The highest BCUT2D eigenvalue weighted by Gasteiger charge is 2.03. The van der Waals surface area contributed by atoms with Crippen molar-refractivity contribution in [3.05, 3.63) is 41.5 Å². The van der Waals surface area contributed by atoms with Crippen LogP contribution in [-0.2, 0) is 14.3 Å². The zero-order valence-corrected chi connectivity index (χ0v) is 12.4. The minimum atomic E-state index is -0.506. The fourth-order valence-corrected chi connectivity index (χ4v) is 1.44. The second-order valence-electron chi connectivity index (χ2n) is 5.15. The summed E-state index contributed by atoms with van der Waals surface area (Å²) in [5, 5.41) is 2.70. The van der Waals surface area contributed by atoms with Crippen molar-refractivity contribution in [2.24, 2.45) is 5.92 Å². The van der Waals surface area contributed by atoms with Crippen molar-refractivity contribution in [3.63, 3.8) is 0 Å². The normalized spacial score (nSPS) is 10.8. The van der Waals surface area contributed by atoms with Crippen LogP contribution in [0.1, 0.15) is 25.0 Å². The van der Waals surface area contributed by atoms with Crippen LogP contribution in [-0.4, -0.2) is 18.5 Å². The summed E-state index contributed by atoms with van der Waals surface area (Å²) in [5.41, 5.74) is 2.97. The van der Waals surface area contributed by atoms with Gasteiger partial charge in [0.15, 0.2) is 0 Å². The average Bonchev–Trinajstić information content (AvgIpc) is 2.38. The minimum absolute atomic E-state index is 0.275. The first-order valence-corrected chi connectivity index (χ1v) is 6.61. The van der Waals surface area contributed by atoms with E-state index in [9.17, 15) is 9.59 Å². The molecular formula is C16H21NO3. The van der Waals surface area contributed by atoms with Crippen molar-refractivity contribution >= 4 is 17.6 Å². The van der Waals surface area contributed by atoms with Crippen LogP contribution in [0.5, 0.6) is 0 Å². The smallest absolute Gasteiger partial charge is 0.330 e. The summed E-state index contributed by atoms with van der Waals surface area (Å²) in [6.07, 6.45) is 2.32. The monoisotopic (exact) mass is 275 g/mol. The van der Waals surface area contributed by atoms with Crippen molar-refractivity contribution in [1.82, 2.24) is 0 Å². The molecule has 0 aliphatic carbocycles. The number of aryl methyl sites for hydroxylation is 2.